The SMILES string of the molecule is CC(N)(c1ccccc1)N1N=CCC=C1C(=CC(=O)O)C(=O)O. The Morgan fingerprint density at radius 2 is 1.96 bits per heavy atom. The standard InChI is InChI=1S/C16H17N3O4/c1-16(17,11-6-3-2-4-7-11)19-13(8-5-9-18-19)12(15(22)23)10-14(20)21/h2-4,6-10H,5,17H2,1H3,(H,20,21)(H,22,23). The summed E-state index contributed by atoms with van der Waals surface area (Å²) >= 11 is 0. The average molecular weight is 315 g/mol. The van der Waals surface area contributed by atoms with Crippen LogP contribution in [-0.4, -0.2) is 33.4 Å². The number of benzene rings is 1. The van der Waals surface area contributed by atoms with Gasteiger partial charge in [0.1, 0.15) is 5.66 Å². The van der Waals surface area contributed by atoms with E-state index in [-0.39, 0.29) is 11.3 Å². The molecule has 4 N–H and O–H groups in total. The van der Waals surface area contributed by atoms with Gasteiger partial charge in [-0.1, -0.05) is 36.4 Å². The van der Waals surface area contributed by atoms with Gasteiger partial charge in [-0.25, -0.2) is 14.6 Å². The van der Waals surface area contributed by atoms with Gasteiger partial charge in [-0.15, -0.1) is 0 Å². The summed E-state index contributed by atoms with van der Waals surface area (Å²) in [6.07, 6.45) is 4.20. The van der Waals surface area contributed by atoms with Crippen molar-refractivity contribution in [1.82, 2.24) is 5.01 Å². The summed E-state index contributed by atoms with van der Waals surface area (Å²) in [5, 5.41) is 23.8. The van der Waals surface area contributed by atoms with Gasteiger partial charge in [0.2, 0.25) is 0 Å². The molecule has 1 aliphatic rings. The molecule has 0 saturated carbocycles. The quantitative estimate of drug-likeness (QED) is 0.709. The van der Waals surface area contributed by atoms with Gasteiger partial charge in [0.15, 0.2) is 0 Å². The zero-order chi connectivity index (χ0) is 17.0. The number of carboxylic acid groups (broad SMARTS) is 2. The molecule has 1 aliphatic heterocycles. The van der Waals surface area contributed by atoms with Gasteiger partial charge in [-0.2, -0.15) is 5.10 Å². The molecule has 2 rings (SSSR count). The first-order chi connectivity index (χ1) is 10.8. The van der Waals surface area contributed by atoms with E-state index in [4.69, 9.17) is 10.8 Å². The predicted octanol–water partition coefficient (Wildman–Crippen LogP) is 1.49. The number of rotatable bonds is 5. The molecule has 0 saturated heterocycles. The van der Waals surface area contributed by atoms with Crippen molar-refractivity contribution in [2.75, 3.05) is 0 Å². The normalized spacial score (nSPS) is 17.4. The highest BCUT2D eigenvalue weighted by molar-refractivity contribution is 5.98. The van der Waals surface area contributed by atoms with Gasteiger partial charge in [0, 0.05) is 18.7 Å². The topological polar surface area (TPSA) is 116 Å². The molecule has 7 nitrogen and oxygen atoms in total. The fraction of sp³-hybridized carbons (Fsp3) is 0.188. The van der Waals surface area contributed by atoms with Crippen LogP contribution in [-0.2, 0) is 15.3 Å². The lowest BCUT2D eigenvalue weighted by atomic mass is 9.99. The molecular weight excluding hydrogens is 298 g/mol. The van der Waals surface area contributed by atoms with Crippen molar-refractivity contribution in [3.63, 3.8) is 0 Å². The summed E-state index contributed by atoms with van der Waals surface area (Å²) in [5.41, 5.74) is 5.72. The first-order valence-corrected chi connectivity index (χ1v) is 6.89. The molecule has 0 fully saturated rings. The molecule has 7 heteroatoms. The molecule has 1 atom stereocenters. The Labute approximate surface area is 133 Å². The third-order valence-corrected chi connectivity index (χ3v) is 3.41. The Bertz CT molecular complexity index is 705. The smallest absolute Gasteiger partial charge is 0.338 e. The van der Waals surface area contributed by atoms with Crippen molar-refractivity contribution in [1.29, 1.82) is 0 Å². The fourth-order valence-corrected chi connectivity index (χ4v) is 2.30. The number of nitrogens with two attached hydrogens (primary N) is 1. The number of hydrogen-bond acceptors (Lipinski definition) is 5. The maximum atomic E-state index is 11.5. The first-order valence-electron chi connectivity index (χ1n) is 6.89. The van der Waals surface area contributed by atoms with E-state index in [1.165, 1.54) is 5.01 Å². The molecule has 120 valence electrons. The monoisotopic (exact) mass is 315 g/mol. The number of hydrogen-bond donors (Lipinski definition) is 3. The largest absolute Gasteiger partial charge is 0.478 e. The summed E-state index contributed by atoms with van der Waals surface area (Å²) < 4.78 is 0. The van der Waals surface area contributed by atoms with E-state index in [1.807, 2.05) is 18.2 Å². The Kier molecular flexibility index (Phi) is 4.61. The second-order valence-corrected chi connectivity index (χ2v) is 5.15. The Balaban J connectivity index is 2.50. The summed E-state index contributed by atoms with van der Waals surface area (Å²) in [6.45, 7) is 1.68. The number of allylic oxidation sites excluding steroid dienone is 1. The lowest BCUT2D eigenvalue weighted by molar-refractivity contribution is -0.135. The number of nitrogens with zero attached hydrogens (tertiary/aromatic N) is 2. The van der Waals surface area contributed by atoms with Crippen LogP contribution < -0.4 is 5.73 Å². The predicted molar refractivity (Wildman–Crippen MR) is 84.4 cm³/mol. The van der Waals surface area contributed by atoms with Gasteiger partial charge in [-0.3, -0.25) is 0 Å². The van der Waals surface area contributed by atoms with Crippen LogP contribution in [0.5, 0.6) is 0 Å². The third kappa shape index (κ3) is 3.46. The molecule has 1 unspecified atom stereocenters. The van der Waals surface area contributed by atoms with Crippen LogP contribution in [0, 0.1) is 0 Å². The number of hydrazone groups is 1. The molecule has 0 radical (unpaired) electrons. The van der Waals surface area contributed by atoms with Gasteiger partial charge >= 0.3 is 11.9 Å². The zero-order valence-electron chi connectivity index (χ0n) is 12.5. The van der Waals surface area contributed by atoms with Crippen molar-refractivity contribution in [2.45, 2.75) is 19.0 Å². The van der Waals surface area contributed by atoms with Gasteiger partial charge in [0.25, 0.3) is 0 Å². The Morgan fingerprint density at radius 3 is 2.52 bits per heavy atom. The number of aliphatic carboxylic acids is 2. The lowest BCUT2D eigenvalue weighted by Gasteiger charge is -2.39. The van der Waals surface area contributed by atoms with E-state index in [0.717, 1.165) is 0 Å². The summed E-state index contributed by atoms with van der Waals surface area (Å²) in [4.78, 5) is 22.4. The highest BCUT2D eigenvalue weighted by Crippen LogP contribution is 2.31. The minimum atomic E-state index is -1.36. The molecule has 1 aromatic rings. The van der Waals surface area contributed by atoms with Crippen molar-refractivity contribution < 1.29 is 19.8 Å². The lowest BCUT2D eigenvalue weighted by Crippen LogP contribution is -2.49. The van der Waals surface area contributed by atoms with E-state index >= 15 is 0 Å². The molecular formula is C16H17N3O4. The van der Waals surface area contributed by atoms with E-state index in [0.29, 0.717) is 18.1 Å². The highest BCUT2D eigenvalue weighted by atomic mass is 16.4. The minimum Gasteiger partial charge on any atom is -0.478 e. The Morgan fingerprint density at radius 1 is 1.30 bits per heavy atom. The van der Waals surface area contributed by atoms with E-state index in [9.17, 15) is 14.7 Å². The first kappa shape index (κ1) is 16.4. The minimum absolute atomic E-state index is 0.149. The molecule has 0 amide bonds. The van der Waals surface area contributed by atoms with Gasteiger partial charge < -0.3 is 15.9 Å². The molecule has 0 aliphatic carbocycles. The zero-order valence-corrected chi connectivity index (χ0v) is 12.5. The van der Waals surface area contributed by atoms with E-state index < -0.39 is 17.6 Å². The summed E-state index contributed by atoms with van der Waals surface area (Å²) in [5.74, 6) is -2.71. The number of carboxylic acids is 2. The van der Waals surface area contributed by atoms with Crippen LogP contribution in [0.4, 0.5) is 0 Å². The fourth-order valence-electron chi connectivity index (χ4n) is 2.30. The summed E-state index contributed by atoms with van der Waals surface area (Å²) in [7, 11) is 0. The van der Waals surface area contributed by atoms with Crippen LogP contribution in [0.25, 0.3) is 0 Å². The third-order valence-electron chi connectivity index (χ3n) is 3.41. The highest BCUT2D eigenvalue weighted by Gasteiger charge is 2.35. The summed E-state index contributed by atoms with van der Waals surface area (Å²) in [6, 6.07) is 9.04. The van der Waals surface area contributed by atoms with Gasteiger partial charge in [0.05, 0.1) is 11.3 Å². The van der Waals surface area contributed by atoms with E-state index in [1.54, 1.807) is 31.3 Å². The molecule has 0 bridgehead atoms. The molecule has 23 heavy (non-hydrogen) atoms. The molecule has 0 aromatic heterocycles. The molecule has 1 aromatic carbocycles. The second-order valence-electron chi connectivity index (χ2n) is 5.15. The average Bonchev–Trinajstić information content (AvgIpc) is 2.53. The molecule has 1 heterocycles. The maximum Gasteiger partial charge on any atom is 0.338 e. The van der Waals surface area contributed by atoms with Crippen LogP contribution in [0.15, 0.2) is 58.9 Å². The Hall–Kier alpha value is -2.93. The van der Waals surface area contributed by atoms with Gasteiger partial charge in [-0.05, 0) is 12.5 Å². The number of carbonyl (C=O) groups is 2. The van der Waals surface area contributed by atoms with Crippen LogP contribution in [0.3, 0.4) is 0 Å². The van der Waals surface area contributed by atoms with Crippen molar-refractivity contribution in [3.05, 3.63) is 59.3 Å². The van der Waals surface area contributed by atoms with E-state index in [2.05, 4.69) is 5.10 Å². The van der Waals surface area contributed by atoms with Crippen LogP contribution >= 0.6 is 0 Å². The second kappa shape index (κ2) is 6.45. The van der Waals surface area contributed by atoms with Crippen molar-refractivity contribution >= 4 is 18.2 Å². The van der Waals surface area contributed by atoms with Crippen LogP contribution in [0.2, 0.25) is 0 Å². The maximum absolute atomic E-state index is 11.5. The van der Waals surface area contributed by atoms with Crippen molar-refractivity contribution in [3.8, 4) is 0 Å². The van der Waals surface area contributed by atoms with Crippen molar-refractivity contribution in [2.24, 2.45) is 10.8 Å². The van der Waals surface area contributed by atoms with Crippen LogP contribution in [0.1, 0.15) is 18.9 Å². The molecule has 0 spiro atoms.